The van der Waals surface area contributed by atoms with Gasteiger partial charge in [0.15, 0.2) is 0 Å². The van der Waals surface area contributed by atoms with E-state index in [4.69, 9.17) is 0 Å². The molecule has 0 aliphatic carbocycles. The molecule has 1 aromatic heterocycles. The van der Waals surface area contributed by atoms with Crippen LogP contribution in [0.15, 0.2) is 29.6 Å². The Morgan fingerprint density at radius 2 is 1.87 bits per heavy atom. The summed E-state index contributed by atoms with van der Waals surface area (Å²) in [7, 11) is 0. The van der Waals surface area contributed by atoms with Crippen LogP contribution in [0.3, 0.4) is 0 Å². The molecule has 2 rings (SSSR count). The van der Waals surface area contributed by atoms with Crippen molar-refractivity contribution >= 4 is 23.2 Å². The number of aromatic nitrogens is 1. The highest BCUT2D eigenvalue weighted by atomic mass is 32.1. The van der Waals surface area contributed by atoms with Crippen molar-refractivity contribution in [3.8, 4) is 11.3 Å². The highest BCUT2D eigenvalue weighted by molar-refractivity contribution is 7.09. The Balaban J connectivity index is 1.77. The lowest BCUT2D eigenvalue weighted by molar-refractivity contribution is -0.122. The summed E-state index contributed by atoms with van der Waals surface area (Å²) in [6, 6.07) is 6.17. The topological polar surface area (TPSA) is 71.1 Å². The van der Waals surface area contributed by atoms with Crippen LogP contribution in [0.1, 0.15) is 18.4 Å². The minimum absolute atomic E-state index is 0.0751. The SMILES string of the molecule is CC(=O)NCCNC(=O)CCc1nc(-c2ccc(F)cc2)cs1. The van der Waals surface area contributed by atoms with Crippen LogP contribution in [0.25, 0.3) is 11.3 Å². The summed E-state index contributed by atoms with van der Waals surface area (Å²) >= 11 is 1.48. The average Bonchev–Trinajstić information content (AvgIpc) is 2.99. The summed E-state index contributed by atoms with van der Waals surface area (Å²) in [4.78, 5) is 26.8. The molecule has 0 bridgehead atoms. The largest absolute Gasteiger partial charge is 0.355 e. The number of hydrogen-bond donors (Lipinski definition) is 2. The summed E-state index contributed by atoms with van der Waals surface area (Å²) in [5.74, 6) is -0.468. The standard InChI is InChI=1S/C16H18FN3O2S/c1-11(21)18-8-9-19-15(22)6-7-16-20-14(10-23-16)12-2-4-13(17)5-3-12/h2-5,10H,6-9H2,1H3,(H,18,21)(H,19,22). The van der Waals surface area contributed by atoms with Gasteiger partial charge in [0.1, 0.15) is 5.82 Å². The molecule has 0 saturated carbocycles. The van der Waals surface area contributed by atoms with E-state index < -0.39 is 0 Å². The van der Waals surface area contributed by atoms with Gasteiger partial charge in [-0.2, -0.15) is 0 Å². The molecule has 2 aromatic rings. The number of nitrogens with zero attached hydrogens (tertiary/aromatic N) is 1. The molecule has 0 aliphatic rings. The van der Waals surface area contributed by atoms with E-state index in [0.29, 0.717) is 25.9 Å². The summed E-state index contributed by atoms with van der Waals surface area (Å²) < 4.78 is 12.9. The first-order chi connectivity index (χ1) is 11.0. The van der Waals surface area contributed by atoms with Crippen molar-refractivity contribution in [2.45, 2.75) is 19.8 Å². The van der Waals surface area contributed by atoms with Crippen LogP contribution >= 0.6 is 11.3 Å². The van der Waals surface area contributed by atoms with Crippen molar-refractivity contribution in [2.75, 3.05) is 13.1 Å². The Labute approximate surface area is 137 Å². The molecule has 0 fully saturated rings. The van der Waals surface area contributed by atoms with Crippen LogP contribution < -0.4 is 10.6 Å². The summed E-state index contributed by atoms with van der Waals surface area (Å²) in [5, 5.41) is 8.11. The number of rotatable bonds is 7. The Morgan fingerprint density at radius 3 is 2.57 bits per heavy atom. The molecule has 122 valence electrons. The van der Waals surface area contributed by atoms with E-state index in [-0.39, 0.29) is 17.6 Å². The van der Waals surface area contributed by atoms with Gasteiger partial charge in [0.05, 0.1) is 10.7 Å². The van der Waals surface area contributed by atoms with E-state index in [1.807, 2.05) is 5.38 Å². The highest BCUT2D eigenvalue weighted by Gasteiger charge is 2.07. The van der Waals surface area contributed by atoms with Gasteiger partial charge < -0.3 is 10.6 Å². The smallest absolute Gasteiger partial charge is 0.220 e. The molecule has 5 nitrogen and oxygen atoms in total. The maximum absolute atomic E-state index is 12.9. The molecule has 0 aliphatic heterocycles. The normalized spacial score (nSPS) is 10.3. The molecule has 0 spiro atoms. The lowest BCUT2D eigenvalue weighted by Crippen LogP contribution is -2.33. The molecule has 0 saturated heterocycles. The second kappa shape index (κ2) is 8.38. The zero-order chi connectivity index (χ0) is 16.7. The van der Waals surface area contributed by atoms with E-state index in [9.17, 15) is 14.0 Å². The predicted octanol–water partition coefficient (Wildman–Crippen LogP) is 2.13. The van der Waals surface area contributed by atoms with Crippen molar-refractivity contribution in [3.63, 3.8) is 0 Å². The van der Waals surface area contributed by atoms with Gasteiger partial charge in [0.2, 0.25) is 11.8 Å². The van der Waals surface area contributed by atoms with Crippen LogP contribution in [-0.4, -0.2) is 29.9 Å². The van der Waals surface area contributed by atoms with Crippen molar-refractivity contribution < 1.29 is 14.0 Å². The van der Waals surface area contributed by atoms with Gasteiger partial charge >= 0.3 is 0 Å². The van der Waals surface area contributed by atoms with Gasteiger partial charge in [-0.25, -0.2) is 9.37 Å². The van der Waals surface area contributed by atoms with Crippen LogP contribution in [0.4, 0.5) is 4.39 Å². The Hall–Kier alpha value is -2.28. The average molecular weight is 335 g/mol. The number of hydrogen-bond acceptors (Lipinski definition) is 4. The van der Waals surface area contributed by atoms with E-state index in [1.54, 1.807) is 12.1 Å². The number of nitrogens with one attached hydrogen (secondary N) is 2. The number of carbonyl (C=O) groups is 2. The summed E-state index contributed by atoms with van der Waals surface area (Å²) in [6.45, 7) is 2.27. The van der Waals surface area contributed by atoms with Crippen molar-refractivity contribution in [1.29, 1.82) is 0 Å². The predicted molar refractivity (Wildman–Crippen MR) is 87.5 cm³/mol. The third kappa shape index (κ3) is 5.78. The molecule has 23 heavy (non-hydrogen) atoms. The fraction of sp³-hybridized carbons (Fsp3) is 0.312. The lowest BCUT2D eigenvalue weighted by atomic mass is 10.2. The number of halogens is 1. The van der Waals surface area contributed by atoms with Gasteiger partial charge in [-0.15, -0.1) is 11.3 Å². The molecule has 2 amide bonds. The maximum atomic E-state index is 12.9. The monoisotopic (exact) mass is 335 g/mol. The Bertz CT molecular complexity index is 670. The zero-order valence-corrected chi connectivity index (χ0v) is 13.6. The van der Waals surface area contributed by atoms with Crippen molar-refractivity contribution in [1.82, 2.24) is 15.6 Å². The highest BCUT2D eigenvalue weighted by Crippen LogP contribution is 2.22. The van der Waals surface area contributed by atoms with E-state index in [0.717, 1.165) is 16.3 Å². The summed E-state index contributed by atoms with van der Waals surface area (Å²) in [6.07, 6.45) is 0.897. The van der Waals surface area contributed by atoms with Crippen molar-refractivity contribution in [3.05, 3.63) is 40.5 Å². The minimum atomic E-state index is -0.278. The minimum Gasteiger partial charge on any atom is -0.355 e. The van der Waals surface area contributed by atoms with Gasteiger partial charge in [-0.05, 0) is 24.3 Å². The second-order valence-corrected chi connectivity index (χ2v) is 5.91. The molecule has 0 radical (unpaired) electrons. The first-order valence-corrected chi connectivity index (χ1v) is 8.14. The Morgan fingerprint density at radius 1 is 1.17 bits per heavy atom. The number of aryl methyl sites for hydroxylation is 1. The first kappa shape index (κ1) is 17.1. The van der Waals surface area contributed by atoms with E-state index in [2.05, 4.69) is 15.6 Å². The molecule has 7 heteroatoms. The number of carbonyl (C=O) groups excluding carboxylic acids is 2. The molecular weight excluding hydrogens is 317 g/mol. The van der Waals surface area contributed by atoms with Gasteiger partial charge in [0.25, 0.3) is 0 Å². The van der Waals surface area contributed by atoms with Gasteiger partial charge in [-0.3, -0.25) is 9.59 Å². The number of thiazole rings is 1. The molecule has 0 unspecified atom stereocenters. The van der Waals surface area contributed by atoms with Crippen LogP contribution in [0.2, 0.25) is 0 Å². The fourth-order valence-corrected chi connectivity index (χ4v) is 2.74. The number of amides is 2. The third-order valence-electron chi connectivity index (χ3n) is 3.08. The van der Waals surface area contributed by atoms with E-state index in [1.165, 1.54) is 30.4 Å². The molecule has 2 N–H and O–H groups in total. The van der Waals surface area contributed by atoms with Crippen LogP contribution in [0.5, 0.6) is 0 Å². The third-order valence-corrected chi connectivity index (χ3v) is 3.99. The quantitative estimate of drug-likeness (QED) is 0.762. The lowest BCUT2D eigenvalue weighted by Gasteiger charge is -2.04. The van der Waals surface area contributed by atoms with E-state index >= 15 is 0 Å². The number of benzene rings is 1. The zero-order valence-electron chi connectivity index (χ0n) is 12.8. The maximum Gasteiger partial charge on any atom is 0.220 e. The first-order valence-electron chi connectivity index (χ1n) is 7.26. The summed E-state index contributed by atoms with van der Waals surface area (Å²) in [5.41, 5.74) is 1.64. The van der Waals surface area contributed by atoms with Gasteiger partial charge in [0, 0.05) is 43.8 Å². The molecule has 1 heterocycles. The van der Waals surface area contributed by atoms with Crippen LogP contribution in [-0.2, 0) is 16.0 Å². The molecular formula is C16H18FN3O2S. The van der Waals surface area contributed by atoms with Crippen LogP contribution in [0, 0.1) is 5.82 Å². The Kier molecular flexibility index (Phi) is 6.22. The molecule has 1 aromatic carbocycles. The fourth-order valence-electron chi connectivity index (χ4n) is 1.93. The van der Waals surface area contributed by atoms with Gasteiger partial charge in [-0.1, -0.05) is 0 Å². The second-order valence-electron chi connectivity index (χ2n) is 4.97. The molecule has 0 atom stereocenters. The van der Waals surface area contributed by atoms with Crippen molar-refractivity contribution in [2.24, 2.45) is 0 Å².